The van der Waals surface area contributed by atoms with Gasteiger partial charge in [-0.1, -0.05) is 51.1 Å². The van der Waals surface area contributed by atoms with Gasteiger partial charge in [0.2, 0.25) is 0 Å². The van der Waals surface area contributed by atoms with E-state index in [4.69, 9.17) is 5.11 Å². The number of hydrogen-bond donors (Lipinski definition) is 1. The number of hydrogen-bond acceptors (Lipinski definition) is 2. The predicted octanol–water partition coefficient (Wildman–Crippen LogP) is 4.33. The molecule has 23 heavy (non-hydrogen) atoms. The summed E-state index contributed by atoms with van der Waals surface area (Å²) in [6, 6.07) is 13.2. The summed E-state index contributed by atoms with van der Waals surface area (Å²) in [5.41, 5.74) is 2.62. The van der Waals surface area contributed by atoms with Gasteiger partial charge in [0.1, 0.15) is 0 Å². The van der Waals surface area contributed by atoms with Crippen LogP contribution in [-0.4, -0.2) is 29.1 Å². The number of carboxylic acid groups (broad SMARTS) is 1. The van der Waals surface area contributed by atoms with Crippen LogP contribution in [0.4, 0.5) is 0 Å². The highest BCUT2D eigenvalue weighted by Gasteiger charge is 2.27. The molecule has 0 aliphatic carbocycles. The van der Waals surface area contributed by atoms with E-state index in [1.54, 1.807) is 0 Å². The molecular formula is C20H27NO2. The Hall–Kier alpha value is -1.87. The third-order valence-electron chi connectivity index (χ3n) is 4.41. The average Bonchev–Trinajstić information content (AvgIpc) is 3.05. The quantitative estimate of drug-likeness (QED) is 0.913. The lowest BCUT2D eigenvalue weighted by Crippen LogP contribution is -2.22. The zero-order chi connectivity index (χ0) is 16.8. The second-order valence-corrected chi connectivity index (χ2v) is 5.93. The van der Waals surface area contributed by atoms with E-state index in [9.17, 15) is 4.79 Å². The largest absolute Gasteiger partial charge is 0.481 e. The Labute approximate surface area is 138 Å². The zero-order valence-electron chi connectivity index (χ0n) is 14.4. The standard InChI is InChI=1S/C18H21NO2.C2H6/c1-2-13-3-5-16-10-14(4-6-15(16)9-13)11-19-8-7-17(12-19)18(20)21;1-2/h3-6,9-10,17H,2,7-8,11-12H2,1H3,(H,20,21);1-2H3. The minimum Gasteiger partial charge on any atom is -0.481 e. The van der Waals surface area contributed by atoms with Crippen molar-refractivity contribution in [3.63, 3.8) is 0 Å². The van der Waals surface area contributed by atoms with Gasteiger partial charge in [-0.3, -0.25) is 9.69 Å². The van der Waals surface area contributed by atoms with Gasteiger partial charge in [0.25, 0.3) is 0 Å². The van der Waals surface area contributed by atoms with Gasteiger partial charge in [-0.05, 0) is 47.4 Å². The van der Waals surface area contributed by atoms with E-state index in [2.05, 4.69) is 48.2 Å². The SMILES string of the molecule is CC.CCc1ccc2cc(CN3CCC(C(=O)O)C3)ccc2c1. The molecule has 0 saturated carbocycles. The normalized spacial score (nSPS) is 17.8. The van der Waals surface area contributed by atoms with Gasteiger partial charge in [0, 0.05) is 13.1 Å². The van der Waals surface area contributed by atoms with Crippen molar-refractivity contribution in [2.75, 3.05) is 13.1 Å². The van der Waals surface area contributed by atoms with Crippen LogP contribution in [0.3, 0.4) is 0 Å². The van der Waals surface area contributed by atoms with Gasteiger partial charge >= 0.3 is 5.97 Å². The lowest BCUT2D eigenvalue weighted by molar-refractivity contribution is -0.141. The number of nitrogens with zero attached hydrogens (tertiary/aromatic N) is 1. The molecule has 3 heteroatoms. The fourth-order valence-corrected chi connectivity index (χ4v) is 3.10. The summed E-state index contributed by atoms with van der Waals surface area (Å²) in [5.74, 6) is -0.860. The first kappa shape index (κ1) is 17.5. The number of fused-ring (bicyclic) bond motifs is 1. The highest BCUT2D eigenvalue weighted by Crippen LogP contribution is 2.22. The van der Waals surface area contributed by atoms with Gasteiger partial charge in [-0.25, -0.2) is 0 Å². The van der Waals surface area contributed by atoms with Crippen molar-refractivity contribution in [2.45, 2.75) is 40.2 Å². The Bertz CT molecular complexity index is 666. The molecule has 3 rings (SSSR count). The third-order valence-corrected chi connectivity index (χ3v) is 4.41. The maximum Gasteiger partial charge on any atom is 0.307 e. The van der Waals surface area contributed by atoms with Crippen molar-refractivity contribution in [1.82, 2.24) is 4.90 Å². The molecule has 0 aromatic heterocycles. The number of carbonyl (C=O) groups is 1. The molecule has 124 valence electrons. The van der Waals surface area contributed by atoms with Crippen molar-refractivity contribution in [3.8, 4) is 0 Å². The molecule has 0 bridgehead atoms. The van der Waals surface area contributed by atoms with E-state index in [1.807, 2.05) is 13.8 Å². The molecule has 0 amide bonds. The molecule has 0 spiro atoms. The second kappa shape index (κ2) is 8.11. The van der Waals surface area contributed by atoms with E-state index in [-0.39, 0.29) is 5.92 Å². The second-order valence-electron chi connectivity index (χ2n) is 5.93. The number of benzene rings is 2. The summed E-state index contributed by atoms with van der Waals surface area (Å²) in [4.78, 5) is 13.2. The van der Waals surface area contributed by atoms with Gasteiger partial charge < -0.3 is 5.11 Å². The molecule has 1 saturated heterocycles. The average molecular weight is 313 g/mol. The van der Waals surface area contributed by atoms with E-state index in [0.717, 1.165) is 25.9 Å². The van der Waals surface area contributed by atoms with Crippen molar-refractivity contribution in [3.05, 3.63) is 47.5 Å². The number of likely N-dealkylation sites (tertiary alicyclic amines) is 1. The Balaban J connectivity index is 0.000000924. The van der Waals surface area contributed by atoms with Crippen LogP contribution in [0, 0.1) is 5.92 Å². The lowest BCUT2D eigenvalue weighted by atomic mass is 10.0. The van der Waals surface area contributed by atoms with Crippen LogP contribution < -0.4 is 0 Å². The smallest absolute Gasteiger partial charge is 0.307 e. The summed E-state index contributed by atoms with van der Waals surface area (Å²) in [6.45, 7) is 8.56. The van der Waals surface area contributed by atoms with Crippen LogP contribution >= 0.6 is 0 Å². The maximum absolute atomic E-state index is 11.0. The van der Waals surface area contributed by atoms with Crippen molar-refractivity contribution < 1.29 is 9.90 Å². The molecule has 3 nitrogen and oxygen atoms in total. The van der Waals surface area contributed by atoms with Crippen LogP contribution in [0.25, 0.3) is 10.8 Å². The maximum atomic E-state index is 11.0. The molecule has 1 unspecified atom stereocenters. The Morgan fingerprint density at radius 2 is 1.74 bits per heavy atom. The van der Waals surface area contributed by atoms with E-state index < -0.39 is 5.97 Å². The van der Waals surface area contributed by atoms with E-state index in [1.165, 1.54) is 21.9 Å². The van der Waals surface area contributed by atoms with Crippen LogP contribution in [0.15, 0.2) is 36.4 Å². The molecule has 0 radical (unpaired) electrons. The summed E-state index contributed by atoms with van der Waals surface area (Å²) in [6.07, 6.45) is 1.82. The number of rotatable bonds is 4. The van der Waals surface area contributed by atoms with Crippen molar-refractivity contribution >= 4 is 16.7 Å². The van der Waals surface area contributed by atoms with Gasteiger partial charge in [0.05, 0.1) is 5.92 Å². The summed E-state index contributed by atoms with van der Waals surface area (Å²) in [7, 11) is 0. The highest BCUT2D eigenvalue weighted by molar-refractivity contribution is 5.83. The minimum absolute atomic E-state index is 0.197. The minimum atomic E-state index is -0.664. The molecule has 2 aromatic rings. The molecule has 1 fully saturated rings. The number of aliphatic carboxylic acids is 1. The van der Waals surface area contributed by atoms with Crippen LogP contribution in [-0.2, 0) is 17.8 Å². The number of carboxylic acids is 1. The Kier molecular flexibility index (Phi) is 6.17. The van der Waals surface area contributed by atoms with Crippen LogP contribution in [0.5, 0.6) is 0 Å². The number of aryl methyl sites for hydroxylation is 1. The first-order valence-electron chi connectivity index (χ1n) is 8.62. The van der Waals surface area contributed by atoms with Gasteiger partial charge in [-0.2, -0.15) is 0 Å². The van der Waals surface area contributed by atoms with Crippen LogP contribution in [0.1, 0.15) is 38.3 Å². The summed E-state index contributed by atoms with van der Waals surface area (Å²) in [5, 5.41) is 11.6. The monoisotopic (exact) mass is 313 g/mol. The molecular weight excluding hydrogens is 286 g/mol. The topological polar surface area (TPSA) is 40.5 Å². The van der Waals surface area contributed by atoms with Gasteiger partial charge in [-0.15, -0.1) is 0 Å². The first-order valence-corrected chi connectivity index (χ1v) is 8.62. The Morgan fingerprint density at radius 3 is 2.30 bits per heavy atom. The van der Waals surface area contributed by atoms with E-state index in [0.29, 0.717) is 6.54 Å². The Morgan fingerprint density at radius 1 is 1.13 bits per heavy atom. The summed E-state index contributed by atoms with van der Waals surface area (Å²) < 4.78 is 0. The van der Waals surface area contributed by atoms with E-state index >= 15 is 0 Å². The van der Waals surface area contributed by atoms with Crippen molar-refractivity contribution in [2.24, 2.45) is 5.92 Å². The zero-order valence-corrected chi connectivity index (χ0v) is 14.4. The fraction of sp³-hybridized carbons (Fsp3) is 0.450. The summed E-state index contributed by atoms with van der Waals surface area (Å²) >= 11 is 0. The van der Waals surface area contributed by atoms with Crippen LogP contribution in [0.2, 0.25) is 0 Å². The molecule has 1 heterocycles. The van der Waals surface area contributed by atoms with Crippen molar-refractivity contribution in [1.29, 1.82) is 0 Å². The first-order chi connectivity index (χ1) is 11.2. The molecule has 2 aromatic carbocycles. The van der Waals surface area contributed by atoms with Gasteiger partial charge in [0.15, 0.2) is 0 Å². The molecule has 1 atom stereocenters. The molecule has 1 N–H and O–H groups in total. The molecule has 1 aliphatic rings. The highest BCUT2D eigenvalue weighted by atomic mass is 16.4. The third kappa shape index (κ3) is 4.32. The predicted molar refractivity (Wildman–Crippen MR) is 95.7 cm³/mol. The fourth-order valence-electron chi connectivity index (χ4n) is 3.10. The molecule has 1 aliphatic heterocycles. The lowest BCUT2D eigenvalue weighted by Gasteiger charge is -2.15.